The first-order chi connectivity index (χ1) is 25.2. The Morgan fingerprint density at radius 1 is 0.808 bits per heavy atom. The van der Waals surface area contributed by atoms with Crippen molar-refractivity contribution in [2.75, 3.05) is 19.8 Å². The predicted octanol–water partition coefficient (Wildman–Crippen LogP) is 7.58. The van der Waals surface area contributed by atoms with E-state index in [4.69, 9.17) is 14.2 Å². The minimum Gasteiger partial charge on any atom is -0.508 e. The van der Waals surface area contributed by atoms with Crippen LogP contribution in [-0.4, -0.2) is 59.5 Å². The van der Waals surface area contributed by atoms with Crippen LogP contribution in [0.15, 0.2) is 84.9 Å². The normalized spacial score (nSPS) is 15.6. The number of imide groups is 2. The Labute approximate surface area is 304 Å². The van der Waals surface area contributed by atoms with Crippen molar-refractivity contribution in [1.29, 1.82) is 0 Å². The highest BCUT2D eigenvalue weighted by Gasteiger charge is 2.44. The minimum absolute atomic E-state index is 0.0911. The predicted molar refractivity (Wildman–Crippen MR) is 197 cm³/mol. The fourth-order valence-corrected chi connectivity index (χ4v) is 7.61. The molecular formula is C41H38N2O8S. The molecule has 0 bridgehead atoms. The monoisotopic (exact) mass is 718 g/mol. The first kappa shape index (κ1) is 34.9. The van der Waals surface area contributed by atoms with Gasteiger partial charge in [-0.2, -0.15) is 0 Å². The number of aryl methyl sites for hydroxylation is 2. The molecule has 4 amide bonds. The van der Waals surface area contributed by atoms with Crippen molar-refractivity contribution >= 4 is 45.1 Å². The molecule has 0 radical (unpaired) electrons. The fourth-order valence-electron chi connectivity index (χ4n) is 6.44. The van der Waals surface area contributed by atoms with Gasteiger partial charge in [0.1, 0.15) is 23.3 Å². The number of carbonyl (C=O) groups excluding carboxylic acids is 4. The number of hydrogen-bond acceptors (Lipinski definition) is 9. The van der Waals surface area contributed by atoms with Crippen LogP contribution >= 0.6 is 11.3 Å². The van der Waals surface area contributed by atoms with Crippen molar-refractivity contribution < 1.29 is 38.5 Å². The van der Waals surface area contributed by atoms with Crippen LogP contribution in [0.3, 0.4) is 0 Å². The number of phenolic OH excluding ortho intramolecular Hbond substituents is 1. The summed E-state index contributed by atoms with van der Waals surface area (Å²) in [5.74, 6) is 0.401. The average molecular weight is 719 g/mol. The number of hydrogen-bond donors (Lipinski definition) is 2. The summed E-state index contributed by atoms with van der Waals surface area (Å²) in [6.07, 6.45) is 3.36. The van der Waals surface area contributed by atoms with Crippen molar-refractivity contribution in [3.63, 3.8) is 0 Å². The summed E-state index contributed by atoms with van der Waals surface area (Å²) in [6.45, 7) is 3.73. The van der Waals surface area contributed by atoms with Gasteiger partial charge in [-0.15, -0.1) is 11.3 Å². The number of unbranched alkanes of at least 4 members (excludes halogenated alkanes) is 1. The average Bonchev–Trinajstić information content (AvgIpc) is 3.61. The summed E-state index contributed by atoms with van der Waals surface area (Å²) in [5.41, 5.74) is 3.76. The van der Waals surface area contributed by atoms with Crippen LogP contribution in [0.1, 0.15) is 63.9 Å². The summed E-state index contributed by atoms with van der Waals surface area (Å²) in [4.78, 5) is 51.7. The Hall–Kier alpha value is -5.52. The second kappa shape index (κ2) is 15.4. The lowest BCUT2D eigenvalue weighted by Crippen LogP contribution is -2.54. The van der Waals surface area contributed by atoms with Crippen molar-refractivity contribution in [1.82, 2.24) is 10.2 Å². The molecule has 5 aromatic rings. The van der Waals surface area contributed by atoms with Gasteiger partial charge in [0.05, 0.1) is 22.6 Å². The lowest BCUT2D eigenvalue weighted by molar-refractivity contribution is -0.136. The lowest BCUT2D eigenvalue weighted by atomic mass is 10.0. The highest BCUT2D eigenvalue weighted by molar-refractivity contribution is 7.22. The molecule has 10 nitrogen and oxygen atoms in total. The van der Waals surface area contributed by atoms with Crippen molar-refractivity contribution in [2.24, 2.45) is 0 Å². The smallest absolute Gasteiger partial charge is 0.262 e. The van der Waals surface area contributed by atoms with Crippen LogP contribution in [0.25, 0.3) is 20.5 Å². The number of amides is 4. The van der Waals surface area contributed by atoms with E-state index in [1.807, 2.05) is 36.4 Å². The molecule has 0 saturated carbocycles. The van der Waals surface area contributed by atoms with Gasteiger partial charge >= 0.3 is 0 Å². The Bertz CT molecular complexity index is 2140. The molecule has 52 heavy (non-hydrogen) atoms. The molecule has 2 N–H and O–H groups in total. The summed E-state index contributed by atoms with van der Waals surface area (Å²) in [5, 5.41) is 13.2. The number of fused-ring (bicyclic) bond motifs is 2. The number of aromatic hydroxyl groups is 1. The zero-order valence-electron chi connectivity index (χ0n) is 28.7. The Kier molecular flexibility index (Phi) is 10.3. The largest absolute Gasteiger partial charge is 0.508 e. The van der Waals surface area contributed by atoms with Crippen LogP contribution in [0.4, 0.5) is 0 Å². The zero-order chi connectivity index (χ0) is 36.2. The molecule has 266 valence electrons. The SMILES string of the molecule is Cc1ccc(-c2sc3cc(O)ccc3c2Oc2ccc(OCCCOCCCCc3ccc4c(c3)C(=O)N(C3CCC(=O)NC3=O)C4=O)cc2)cc1. The number of piperidine rings is 1. The van der Waals surface area contributed by atoms with E-state index in [0.717, 1.165) is 68.2 Å². The van der Waals surface area contributed by atoms with Gasteiger partial charge in [-0.05, 0) is 98.3 Å². The van der Waals surface area contributed by atoms with E-state index in [2.05, 4.69) is 36.5 Å². The number of rotatable bonds is 14. The van der Waals surface area contributed by atoms with E-state index >= 15 is 0 Å². The van der Waals surface area contributed by atoms with Gasteiger partial charge in [-0.1, -0.05) is 35.9 Å². The number of nitrogens with one attached hydrogen (secondary N) is 1. The lowest BCUT2D eigenvalue weighted by Gasteiger charge is -2.27. The van der Waals surface area contributed by atoms with Gasteiger partial charge in [0.25, 0.3) is 11.8 Å². The van der Waals surface area contributed by atoms with Crippen LogP contribution < -0.4 is 14.8 Å². The molecule has 3 heterocycles. The first-order valence-corrected chi connectivity index (χ1v) is 18.2. The third kappa shape index (κ3) is 7.56. The Balaban J connectivity index is 0.827. The van der Waals surface area contributed by atoms with E-state index < -0.39 is 29.7 Å². The van der Waals surface area contributed by atoms with Crippen LogP contribution in [0, 0.1) is 6.92 Å². The Morgan fingerprint density at radius 3 is 2.35 bits per heavy atom. The van der Waals surface area contributed by atoms with Gasteiger partial charge in [0.2, 0.25) is 11.8 Å². The van der Waals surface area contributed by atoms with Gasteiger partial charge in [0.15, 0.2) is 5.75 Å². The molecule has 4 aromatic carbocycles. The van der Waals surface area contributed by atoms with Gasteiger partial charge < -0.3 is 19.3 Å². The molecule has 1 aromatic heterocycles. The summed E-state index contributed by atoms with van der Waals surface area (Å²) < 4.78 is 19.1. The van der Waals surface area contributed by atoms with Crippen molar-refractivity contribution in [2.45, 2.75) is 51.5 Å². The second-order valence-corrected chi connectivity index (χ2v) is 14.0. The summed E-state index contributed by atoms with van der Waals surface area (Å²) >= 11 is 1.59. The molecule has 0 spiro atoms. The van der Waals surface area contributed by atoms with Crippen LogP contribution in [-0.2, 0) is 20.7 Å². The topological polar surface area (TPSA) is 131 Å². The molecule has 1 saturated heterocycles. The van der Waals surface area contributed by atoms with Crippen molar-refractivity contribution in [3.8, 4) is 33.4 Å². The highest BCUT2D eigenvalue weighted by atomic mass is 32.1. The minimum atomic E-state index is -0.967. The maximum Gasteiger partial charge on any atom is 0.262 e. The molecule has 11 heteroatoms. The highest BCUT2D eigenvalue weighted by Crippen LogP contribution is 2.47. The zero-order valence-corrected chi connectivity index (χ0v) is 29.5. The first-order valence-electron chi connectivity index (χ1n) is 17.4. The molecule has 0 aliphatic carbocycles. The summed E-state index contributed by atoms with van der Waals surface area (Å²) in [7, 11) is 0. The number of ether oxygens (including phenoxy) is 3. The van der Waals surface area contributed by atoms with Crippen LogP contribution in [0.2, 0.25) is 0 Å². The van der Waals surface area contributed by atoms with E-state index in [0.29, 0.717) is 31.1 Å². The number of nitrogens with zero attached hydrogens (tertiary/aromatic N) is 1. The Morgan fingerprint density at radius 2 is 1.56 bits per heavy atom. The standard InChI is InChI=1S/C41H38N2O8S/c1-25-6-9-27(10-7-25)38-37(32-17-11-28(44)24-35(32)52-38)51-30-14-12-29(13-15-30)50-22-4-21-49-20-3-2-5-26-8-16-31-33(23-26)41(48)43(40(31)47)34-18-19-36(45)42-39(34)46/h6-17,23-24,34,44H,2-5,18-22H2,1H3,(H,42,45,46). The van der Waals surface area contributed by atoms with Crippen LogP contribution in [0.5, 0.6) is 23.0 Å². The molecule has 1 fully saturated rings. The van der Waals surface area contributed by atoms with Gasteiger partial charge in [-0.25, -0.2) is 0 Å². The molecule has 2 aliphatic heterocycles. The third-order valence-electron chi connectivity index (χ3n) is 9.20. The third-order valence-corrected chi connectivity index (χ3v) is 10.4. The van der Waals surface area contributed by atoms with E-state index in [-0.39, 0.29) is 24.2 Å². The number of phenols is 1. The van der Waals surface area contributed by atoms with E-state index in [9.17, 15) is 24.3 Å². The summed E-state index contributed by atoms with van der Waals surface area (Å²) in [6, 6.07) is 25.4. The molecular weight excluding hydrogens is 681 g/mol. The number of thiophene rings is 1. The van der Waals surface area contributed by atoms with E-state index in [1.165, 1.54) is 5.56 Å². The maximum atomic E-state index is 13.1. The van der Waals surface area contributed by atoms with Gasteiger partial charge in [-0.3, -0.25) is 29.4 Å². The second-order valence-electron chi connectivity index (χ2n) is 13.0. The number of benzene rings is 4. The fraction of sp³-hybridized carbons (Fsp3) is 0.268. The maximum absolute atomic E-state index is 13.1. The quantitative estimate of drug-likeness (QED) is 0.0888. The number of carbonyl (C=O) groups is 4. The van der Waals surface area contributed by atoms with E-state index in [1.54, 1.807) is 35.6 Å². The molecule has 2 aliphatic rings. The molecule has 7 rings (SSSR count). The van der Waals surface area contributed by atoms with Gasteiger partial charge in [0, 0.05) is 36.1 Å². The molecule has 1 unspecified atom stereocenters. The molecule has 1 atom stereocenters. The van der Waals surface area contributed by atoms with Crippen molar-refractivity contribution in [3.05, 3.63) is 107 Å².